The van der Waals surface area contributed by atoms with E-state index in [0.717, 1.165) is 4.90 Å². The van der Waals surface area contributed by atoms with Crippen LogP contribution in [-0.2, 0) is 38.1 Å². The van der Waals surface area contributed by atoms with Crippen LogP contribution in [0.1, 0.15) is 33.3 Å². The van der Waals surface area contributed by atoms with Crippen LogP contribution in [0.3, 0.4) is 0 Å². The average molecular weight is 861 g/mol. The van der Waals surface area contributed by atoms with Gasteiger partial charge in [0.05, 0.1) is 18.4 Å². The van der Waals surface area contributed by atoms with Crippen molar-refractivity contribution in [3.8, 4) is 5.75 Å². The Morgan fingerprint density at radius 2 is 1.53 bits per heavy atom. The van der Waals surface area contributed by atoms with Gasteiger partial charge in [-0.2, -0.15) is 0 Å². The topological polar surface area (TPSA) is 177 Å². The fourth-order valence-corrected chi connectivity index (χ4v) is 6.83. The summed E-state index contributed by atoms with van der Waals surface area (Å²) in [4.78, 5) is 80.1. The molecule has 6 rings (SSSR count). The molecule has 0 aliphatic carbocycles. The molecule has 2 saturated heterocycles. The first-order valence-corrected chi connectivity index (χ1v) is 18.2. The minimum atomic E-state index is -1.86. The Labute approximate surface area is 320 Å². The number of ether oxygens (including phenoxy) is 5. The molecule has 3 aliphatic heterocycles. The van der Waals surface area contributed by atoms with E-state index in [2.05, 4.69) is 37.2 Å². The third kappa shape index (κ3) is 7.36. The number of aryl methyl sites for hydroxylation is 1. The van der Waals surface area contributed by atoms with E-state index in [9.17, 15) is 28.8 Å². The van der Waals surface area contributed by atoms with Crippen LogP contribution in [-0.4, -0.2) is 81.0 Å². The van der Waals surface area contributed by atoms with Crippen LogP contribution < -0.4 is 15.7 Å². The second-order valence-electron chi connectivity index (χ2n) is 14.0. The Hall–Kier alpha value is -4.54. The lowest BCUT2D eigenvalue weighted by atomic mass is 9.71. The van der Waals surface area contributed by atoms with Crippen LogP contribution in [0.15, 0.2) is 75.6 Å². The molecule has 4 unspecified atom stereocenters. The fraction of sp³-hybridized carbons (Fsp3) is 0.405. The summed E-state index contributed by atoms with van der Waals surface area (Å²) in [5, 5.41) is 3.27. The molecule has 16 heteroatoms. The van der Waals surface area contributed by atoms with Gasteiger partial charge < -0.3 is 28.1 Å². The molecule has 14 nitrogen and oxygen atoms in total. The number of esters is 2. The third-order valence-corrected chi connectivity index (χ3v) is 9.77. The zero-order valence-electron chi connectivity index (χ0n) is 29.4. The van der Waals surface area contributed by atoms with E-state index < -0.39 is 80.4 Å². The Morgan fingerprint density at radius 3 is 2.21 bits per heavy atom. The monoisotopic (exact) mass is 858 g/mol. The van der Waals surface area contributed by atoms with Gasteiger partial charge in [-0.3, -0.25) is 29.4 Å². The van der Waals surface area contributed by atoms with Gasteiger partial charge in [0.25, 0.3) is 0 Å². The summed E-state index contributed by atoms with van der Waals surface area (Å²) in [5.74, 6) is -4.72. The number of nitrogens with zero attached hydrogens (tertiary/aromatic N) is 1. The lowest BCUT2D eigenvalue weighted by Crippen LogP contribution is -2.49. The number of halogens is 2. The minimum absolute atomic E-state index is 0.0605. The number of amides is 3. The van der Waals surface area contributed by atoms with Gasteiger partial charge in [0.2, 0.25) is 11.8 Å². The fourth-order valence-electron chi connectivity index (χ4n) is 6.61. The van der Waals surface area contributed by atoms with Crippen LogP contribution in [0.2, 0.25) is 0 Å². The van der Waals surface area contributed by atoms with Crippen LogP contribution in [0.4, 0.5) is 10.5 Å². The zero-order valence-corrected chi connectivity index (χ0v) is 32.5. The predicted molar refractivity (Wildman–Crippen MR) is 196 cm³/mol. The highest BCUT2D eigenvalue weighted by molar-refractivity contribution is 9.10. The third-order valence-electron chi connectivity index (χ3n) is 9.13. The van der Waals surface area contributed by atoms with Crippen molar-refractivity contribution in [1.82, 2.24) is 4.90 Å². The molecule has 3 aliphatic rings. The molecule has 1 N–H and O–H groups in total. The summed E-state index contributed by atoms with van der Waals surface area (Å²) in [6.07, 6.45) is 0.537. The van der Waals surface area contributed by atoms with Gasteiger partial charge in [0, 0.05) is 23.2 Å². The van der Waals surface area contributed by atoms with E-state index in [1.807, 2.05) is 0 Å². The van der Waals surface area contributed by atoms with Gasteiger partial charge >= 0.3 is 23.7 Å². The number of likely N-dealkylation sites (tertiary alicyclic amines) is 1. The number of para-hydroxylation sites is 1. The summed E-state index contributed by atoms with van der Waals surface area (Å²) in [7, 11) is 0. The highest BCUT2D eigenvalue weighted by Gasteiger charge is 2.78. The van der Waals surface area contributed by atoms with Crippen molar-refractivity contribution in [3.63, 3.8) is 0 Å². The highest BCUT2D eigenvalue weighted by atomic mass is 79.9. The normalized spacial score (nSPS) is 23.5. The van der Waals surface area contributed by atoms with Crippen LogP contribution in [0, 0.1) is 18.8 Å². The molecule has 3 aromatic rings. The first kappa shape index (κ1) is 38.2. The van der Waals surface area contributed by atoms with Crippen molar-refractivity contribution in [2.45, 2.75) is 54.5 Å². The van der Waals surface area contributed by atoms with E-state index in [4.69, 9.17) is 28.1 Å². The van der Waals surface area contributed by atoms with Gasteiger partial charge in [-0.15, -0.1) is 0 Å². The molecule has 280 valence electrons. The van der Waals surface area contributed by atoms with Crippen molar-refractivity contribution in [1.29, 1.82) is 0 Å². The zero-order chi connectivity index (χ0) is 38.5. The second-order valence-corrected chi connectivity index (χ2v) is 17.9. The summed E-state index contributed by atoms with van der Waals surface area (Å²) >= 11 is 6.52. The van der Waals surface area contributed by atoms with Crippen molar-refractivity contribution >= 4 is 78.4 Å². The van der Waals surface area contributed by atoms with E-state index in [0.29, 0.717) is 16.7 Å². The van der Waals surface area contributed by atoms with Crippen LogP contribution in [0.5, 0.6) is 5.75 Å². The number of rotatable bonds is 12. The maximum Gasteiger partial charge on any atom is 0.411 e. The number of carbonyl (C=O) groups excluding carboxylic acids is 5. The largest absolute Gasteiger partial charge is 0.463 e. The van der Waals surface area contributed by atoms with E-state index >= 15 is 0 Å². The number of fused-ring (bicyclic) bond motifs is 6. The number of carbonyl (C=O) groups is 5. The van der Waals surface area contributed by atoms with Gasteiger partial charge in [-0.25, -0.2) is 9.59 Å². The van der Waals surface area contributed by atoms with Crippen molar-refractivity contribution in [3.05, 3.63) is 82.4 Å². The van der Waals surface area contributed by atoms with E-state index in [1.54, 1.807) is 77.1 Å². The van der Waals surface area contributed by atoms with Crippen molar-refractivity contribution < 1.29 is 52.1 Å². The average Bonchev–Trinajstić information content (AvgIpc) is 3.65. The number of imide groups is 1. The number of benzene rings is 2. The van der Waals surface area contributed by atoms with Gasteiger partial charge in [-0.1, -0.05) is 50.1 Å². The van der Waals surface area contributed by atoms with Crippen LogP contribution >= 0.6 is 31.9 Å². The maximum atomic E-state index is 14.3. The number of hydrogen-bond acceptors (Lipinski definition) is 12. The predicted octanol–water partition coefficient (Wildman–Crippen LogP) is 5.17. The number of hydrogen-bond donors (Lipinski definition) is 1. The molecule has 0 spiro atoms. The molecule has 0 radical (unpaired) electrons. The molecule has 4 heterocycles. The molecular weight excluding hydrogens is 824 g/mol. The Bertz CT molecular complexity index is 2090. The SMILES string of the molecule is Cc1cc(=O)oc2cc(NC(=O)OCC34OC(COC(=O)C(C)(C)Br)(C=C3Oc3ccccc3)C3C(=O)N(CCOC(=O)C(C)(C)Br)C(=O)C34)ccc12. The summed E-state index contributed by atoms with van der Waals surface area (Å²) in [6.45, 7) is 6.46. The molecule has 4 atom stereocenters. The molecule has 2 aromatic carbocycles. The highest BCUT2D eigenvalue weighted by Crippen LogP contribution is 2.60. The Morgan fingerprint density at radius 1 is 0.868 bits per heavy atom. The minimum Gasteiger partial charge on any atom is -0.463 e. The molecule has 53 heavy (non-hydrogen) atoms. The van der Waals surface area contributed by atoms with Gasteiger partial charge in [-0.05, 0) is 70.5 Å². The van der Waals surface area contributed by atoms with Crippen molar-refractivity contribution in [2.24, 2.45) is 11.8 Å². The maximum absolute atomic E-state index is 14.3. The van der Waals surface area contributed by atoms with E-state index in [1.165, 1.54) is 18.2 Å². The molecule has 2 fully saturated rings. The lowest BCUT2D eigenvalue weighted by Gasteiger charge is -2.32. The summed E-state index contributed by atoms with van der Waals surface area (Å²) in [5.41, 5.74) is -2.94. The summed E-state index contributed by atoms with van der Waals surface area (Å²) in [6, 6.07) is 14.7. The van der Waals surface area contributed by atoms with Gasteiger partial charge in [0.15, 0.2) is 5.60 Å². The van der Waals surface area contributed by atoms with Gasteiger partial charge in [0.1, 0.15) is 51.2 Å². The molecular formula is C37H36Br2N2O12. The lowest BCUT2D eigenvalue weighted by molar-refractivity contribution is -0.166. The standard InChI is InChI=1S/C37H36Br2N2O12/c1-20-15-26(42)52-24-16-21(11-12-23(20)24)40-33(47)50-19-37-25(51-22-9-7-6-8-10-22)17-36(53-37,18-49-32(46)35(4,5)39)27-28(37)30(44)41(29(27)43)13-14-48-31(45)34(2,3)38/h6-12,15-17,27-28H,13-14,18-19H2,1-5H3,(H,40,47). The smallest absolute Gasteiger partial charge is 0.411 e. The number of anilines is 1. The Balaban J connectivity index is 1.33. The quantitative estimate of drug-likeness (QED) is 0.0833. The first-order valence-electron chi connectivity index (χ1n) is 16.6. The Kier molecular flexibility index (Phi) is 10.1. The molecule has 2 bridgehead atoms. The number of nitrogens with one attached hydrogen (secondary N) is 1. The molecule has 3 amide bonds. The number of alkyl halides is 2. The molecule has 1 aromatic heterocycles. The van der Waals surface area contributed by atoms with Crippen molar-refractivity contribution in [2.75, 3.05) is 31.7 Å². The summed E-state index contributed by atoms with van der Waals surface area (Å²) < 4.78 is 32.8. The second kappa shape index (κ2) is 14.0. The first-order chi connectivity index (χ1) is 24.8. The molecule has 0 saturated carbocycles. The van der Waals surface area contributed by atoms with Crippen LogP contribution in [0.25, 0.3) is 11.0 Å². The van der Waals surface area contributed by atoms with E-state index in [-0.39, 0.29) is 30.2 Å².